The molecule has 0 saturated heterocycles. The number of carbonyl (C=O) groups is 2. The van der Waals surface area contributed by atoms with Crippen molar-refractivity contribution in [2.24, 2.45) is 5.41 Å². The second-order valence-electron chi connectivity index (χ2n) is 6.44. The first kappa shape index (κ1) is 18.7. The summed E-state index contributed by atoms with van der Waals surface area (Å²) in [6.45, 7) is 8.33. The Kier molecular flexibility index (Phi) is 7.08. The fourth-order valence-corrected chi connectivity index (χ4v) is 2.97. The fourth-order valence-electron chi connectivity index (χ4n) is 2.84. The molecule has 0 saturated carbocycles. The topological polar surface area (TPSA) is 37.4 Å². The van der Waals surface area contributed by atoms with Gasteiger partial charge in [-0.3, -0.25) is 4.79 Å². The van der Waals surface area contributed by atoms with Crippen LogP contribution in [-0.2, 0) is 22.4 Å². The molecule has 0 atom stereocenters. The molecule has 22 heavy (non-hydrogen) atoms. The van der Waals surface area contributed by atoms with Gasteiger partial charge < -0.3 is 9.69 Å². The van der Waals surface area contributed by atoms with Gasteiger partial charge in [-0.25, -0.2) is 0 Å². The Hall–Kier alpha value is -1.35. The van der Waals surface area contributed by atoms with E-state index < -0.39 is 0 Å². The lowest BCUT2D eigenvalue weighted by Gasteiger charge is -2.39. The van der Waals surface area contributed by atoms with Gasteiger partial charge in [0, 0.05) is 25.0 Å². The number of hydrogen-bond donors (Lipinski definition) is 0. The van der Waals surface area contributed by atoms with Gasteiger partial charge in [-0.15, -0.1) is 11.6 Å². The van der Waals surface area contributed by atoms with Crippen molar-refractivity contribution in [3.05, 3.63) is 29.3 Å². The number of halogens is 1. The Labute approximate surface area is 138 Å². The molecule has 4 heteroatoms. The van der Waals surface area contributed by atoms with E-state index >= 15 is 0 Å². The van der Waals surface area contributed by atoms with Crippen molar-refractivity contribution in [1.29, 1.82) is 0 Å². The van der Waals surface area contributed by atoms with E-state index in [1.807, 2.05) is 4.90 Å². The molecule has 0 fully saturated rings. The van der Waals surface area contributed by atoms with Crippen molar-refractivity contribution in [2.45, 2.75) is 47.0 Å². The lowest BCUT2D eigenvalue weighted by molar-refractivity contribution is -0.117. The molecule has 0 unspecified atom stereocenters. The minimum Gasteiger partial charge on any atom is -0.312 e. The minimum absolute atomic E-state index is 0.127. The number of rotatable bonds is 3. The highest BCUT2D eigenvalue weighted by Crippen LogP contribution is 2.36. The van der Waals surface area contributed by atoms with Crippen LogP contribution in [0.1, 0.15) is 45.2 Å². The summed E-state index contributed by atoms with van der Waals surface area (Å²) in [5.74, 6) is 0.824. The third kappa shape index (κ3) is 5.13. The number of aryl methyl sites for hydroxylation is 1. The number of aldehydes is 1. The molecule has 3 nitrogen and oxygen atoms in total. The van der Waals surface area contributed by atoms with Gasteiger partial charge in [0.05, 0.1) is 0 Å². The zero-order valence-corrected chi connectivity index (χ0v) is 14.7. The van der Waals surface area contributed by atoms with Crippen LogP contribution in [0.25, 0.3) is 0 Å². The molecule has 0 bridgehead atoms. The SMILES string of the molecule is CC(=O)N1CC(C)(C)Cc2cc(CCCCl)ccc21.CC=O. The third-order valence-corrected chi connectivity index (χ3v) is 3.94. The quantitative estimate of drug-likeness (QED) is 0.623. The van der Waals surface area contributed by atoms with E-state index in [1.54, 1.807) is 6.92 Å². The molecule has 1 amide bonds. The number of hydrogen-bond acceptors (Lipinski definition) is 2. The zero-order valence-electron chi connectivity index (χ0n) is 14.0. The molecule has 0 spiro atoms. The predicted octanol–water partition coefficient (Wildman–Crippen LogP) is 4.00. The molecule has 0 radical (unpaired) electrons. The number of fused-ring (bicyclic) bond motifs is 1. The highest BCUT2D eigenvalue weighted by molar-refractivity contribution is 6.17. The monoisotopic (exact) mass is 323 g/mol. The molecule has 1 aromatic rings. The van der Waals surface area contributed by atoms with Crippen molar-refractivity contribution in [3.8, 4) is 0 Å². The minimum atomic E-state index is 0.127. The zero-order chi connectivity index (χ0) is 16.8. The summed E-state index contributed by atoms with van der Waals surface area (Å²) in [4.78, 5) is 22.5. The van der Waals surface area contributed by atoms with Crippen molar-refractivity contribution in [1.82, 2.24) is 0 Å². The van der Waals surface area contributed by atoms with Crippen LogP contribution in [-0.4, -0.2) is 24.6 Å². The van der Waals surface area contributed by atoms with Gasteiger partial charge >= 0.3 is 0 Å². The van der Waals surface area contributed by atoms with Gasteiger partial charge in [0.15, 0.2) is 0 Å². The summed E-state index contributed by atoms with van der Waals surface area (Å²) < 4.78 is 0. The average Bonchev–Trinajstić information content (AvgIpc) is 2.43. The third-order valence-electron chi connectivity index (χ3n) is 3.67. The van der Waals surface area contributed by atoms with Crippen LogP contribution in [0.3, 0.4) is 0 Å². The maximum Gasteiger partial charge on any atom is 0.223 e. The van der Waals surface area contributed by atoms with E-state index in [1.165, 1.54) is 18.1 Å². The van der Waals surface area contributed by atoms with Crippen LogP contribution in [0.5, 0.6) is 0 Å². The average molecular weight is 324 g/mol. The van der Waals surface area contributed by atoms with E-state index in [4.69, 9.17) is 16.4 Å². The van der Waals surface area contributed by atoms with E-state index in [2.05, 4.69) is 32.0 Å². The van der Waals surface area contributed by atoms with E-state index in [0.29, 0.717) is 5.88 Å². The van der Waals surface area contributed by atoms with E-state index in [0.717, 1.165) is 37.8 Å². The van der Waals surface area contributed by atoms with Gasteiger partial charge in [-0.05, 0) is 48.8 Å². The first-order valence-corrected chi connectivity index (χ1v) is 8.23. The Balaban J connectivity index is 0.000000745. The molecule has 0 aromatic heterocycles. The van der Waals surface area contributed by atoms with E-state index in [9.17, 15) is 4.79 Å². The van der Waals surface area contributed by atoms with Crippen LogP contribution in [0.2, 0.25) is 0 Å². The number of amides is 1. The van der Waals surface area contributed by atoms with Gasteiger partial charge in [0.1, 0.15) is 6.29 Å². The number of carbonyl (C=O) groups excluding carboxylic acids is 2. The Morgan fingerprint density at radius 2 is 2.05 bits per heavy atom. The van der Waals surface area contributed by atoms with Crippen LogP contribution in [0, 0.1) is 5.41 Å². The number of anilines is 1. The molecule has 0 aliphatic carbocycles. The Morgan fingerprint density at radius 3 is 2.59 bits per heavy atom. The molecule has 122 valence electrons. The molecule has 0 N–H and O–H groups in total. The van der Waals surface area contributed by atoms with Crippen LogP contribution in [0.4, 0.5) is 5.69 Å². The first-order chi connectivity index (χ1) is 10.3. The highest BCUT2D eigenvalue weighted by Gasteiger charge is 2.31. The summed E-state index contributed by atoms with van der Waals surface area (Å²) in [5, 5.41) is 0. The Bertz CT molecular complexity index is 526. The largest absolute Gasteiger partial charge is 0.312 e. The fraction of sp³-hybridized carbons (Fsp3) is 0.556. The molecule has 1 aromatic carbocycles. The second kappa shape index (κ2) is 8.33. The second-order valence-corrected chi connectivity index (χ2v) is 6.82. The first-order valence-electron chi connectivity index (χ1n) is 7.70. The maximum atomic E-state index is 11.8. The lowest BCUT2D eigenvalue weighted by atomic mass is 9.80. The summed E-state index contributed by atoms with van der Waals surface area (Å²) in [5.41, 5.74) is 3.84. The predicted molar refractivity (Wildman–Crippen MR) is 92.7 cm³/mol. The lowest BCUT2D eigenvalue weighted by Crippen LogP contribution is -2.43. The normalized spacial score (nSPS) is 15.4. The van der Waals surface area contributed by atoms with Crippen LogP contribution >= 0.6 is 11.6 Å². The van der Waals surface area contributed by atoms with Gasteiger partial charge in [0.2, 0.25) is 5.91 Å². The van der Waals surface area contributed by atoms with Crippen molar-refractivity contribution >= 4 is 29.5 Å². The molecular formula is C18H26ClNO2. The molecule has 1 heterocycles. The maximum absolute atomic E-state index is 11.8. The summed E-state index contributed by atoms with van der Waals surface area (Å²) >= 11 is 5.75. The van der Waals surface area contributed by atoms with Crippen LogP contribution in [0.15, 0.2) is 18.2 Å². The van der Waals surface area contributed by atoms with Gasteiger partial charge in [-0.2, -0.15) is 0 Å². The van der Waals surface area contributed by atoms with Gasteiger partial charge in [0.25, 0.3) is 0 Å². The number of nitrogens with zero attached hydrogens (tertiary/aromatic N) is 1. The smallest absolute Gasteiger partial charge is 0.223 e. The van der Waals surface area contributed by atoms with Crippen molar-refractivity contribution in [3.63, 3.8) is 0 Å². The molecule has 2 rings (SSSR count). The van der Waals surface area contributed by atoms with E-state index in [-0.39, 0.29) is 11.3 Å². The summed E-state index contributed by atoms with van der Waals surface area (Å²) in [7, 11) is 0. The van der Waals surface area contributed by atoms with Crippen LogP contribution < -0.4 is 4.90 Å². The van der Waals surface area contributed by atoms with Crippen molar-refractivity contribution < 1.29 is 9.59 Å². The number of alkyl halides is 1. The highest BCUT2D eigenvalue weighted by atomic mass is 35.5. The Morgan fingerprint density at radius 1 is 1.41 bits per heavy atom. The molecule has 1 aliphatic heterocycles. The summed E-state index contributed by atoms with van der Waals surface area (Å²) in [6, 6.07) is 6.47. The van der Waals surface area contributed by atoms with Crippen molar-refractivity contribution in [2.75, 3.05) is 17.3 Å². The number of benzene rings is 1. The summed E-state index contributed by atoms with van der Waals surface area (Å²) in [6.07, 6.45) is 3.79. The van der Waals surface area contributed by atoms with Gasteiger partial charge in [-0.1, -0.05) is 26.0 Å². The molecule has 1 aliphatic rings. The standard InChI is InChI=1S/C16H22ClNO.C2H4O/c1-12(19)18-11-16(2,3)10-14-9-13(5-4-8-17)6-7-15(14)18;1-2-3/h6-7,9H,4-5,8,10-11H2,1-3H3;2H,1H3. The molecular weight excluding hydrogens is 298 g/mol.